The van der Waals surface area contributed by atoms with Gasteiger partial charge in [0.2, 0.25) is 0 Å². The molecule has 1 aliphatic rings. The number of benzene rings is 1. The number of aliphatic hydroxyl groups excluding tert-OH is 1. The molecule has 0 radical (unpaired) electrons. The molecule has 0 aliphatic heterocycles. The van der Waals surface area contributed by atoms with E-state index in [0.29, 0.717) is 5.92 Å². The van der Waals surface area contributed by atoms with Crippen molar-refractivity contribution in [1.29, 1.82) is 0 Å². The van der Waals surface area contributed by atoms with E-state index in [1.54, 1.807) is 0 Å². The Hall–Kier alpha value is -1.34. The van der Waals surface area contributed by atoms with Crippen molar-refractivity contribution in [2.45, 2.75) is 44.6 Å². The van der Waals surface area contributed by atoms with Crippen molar-refractivity contribution in [3.05, 3.63) is 54.1 Å². The van der Waals surface area contributed by atoms with Gasteiger partial charge in [0.15, 0.2) is 0 Å². The normalized spacial score (nSPS) is 24.9. The van der Waals surface area contributed by atoms with E-state index in [2.05, 4.69) is 36.9 Å². The summed E-state index contributed by atoms with van der Waals surface area (Å²) in [4.78, 5) is 0. The molecule has 0 atom stereocenters. The maximum absolute atomic E-state index is 9.54. The lowest BCUT2D eigenvalue weighted by Crippen LogP contribution is -2.16. The first-order valence-corrected chi connectivity index (χ1v) is 6.81. The van der Waals surface area contributed by atoms with E-state index >= 15 is 0 Å². The van der Waals surface area contributed by atoms with E-state index in [0.717, 1.165) is 25.7 Å². The molecule has 0 heterocycles. The van der Waals surface area contributed by atoms with Crippen molar-refractivity contribution in [2.24, 2.45) is 0 Å². The van der Waals surface area contributed by atoms with E-state index < -0.39 is 0 Å². The Morgan fingerprint density at radius 2 is 1.78 bits per heavy atom. The fraction of sp³-hybridized carbons (Fsp3) is 0.412. The van der Waals surface area contributed by atoms with Crippen LogP contribution in [0.1, 0.15) is 49.7 Å². The van der Waals surface area contributed by atoms with Crippen LogP contribution in [0.4, 0.5) is 0 Å². The van der Waals surface area contributed by atoms with Crippen molar-refractivity contribution in [1.82, 2.24) is 0 Å². The monoisotopic (exact) mass is 242 g/mol. The average molecular weight is 242 g/mol. The van der Waals surface area contributed by atoms with Gasteiger partial charge >= 0.3 is 0 Å². The number of rotatable bonds is 3. The molecule has 0 spiro atoms. The Kier molecular flexibility index (Phi) is 4.38. The number of hydrogen-bond donors (Lipinski definition) is 1. The highest BCUT2D eigenvalue weighted by atomic mass is 16.3. The van der Waals surface area contributed by atoms with E-state index in [9.17, 15) is 5.11 Å². The molecule has 1 saturated carbocycles. The minimum absolute atomic E-state index is 0.0732. The summed E-state index contributed by atoms with van der Waals surface area (Å²) in [5, 5.41) is 9.54. The van der Waals surface area contributed by atoms with Gasteiger partial charge in [-0.05, 0) is 55.2 Å². The van der Waals surface area contributed by atoms with Crippen LogP contribution in [0.25, 0.3) is 5.57 Å². The average Bonchev–Trinajstić information content (AvgIpc) is 2.42. The molecule has 18 heavy (non-hydrogen) atoms. The van der Waals surface area contributed by atoms with Crippen molar-refractivity contribution in [2.75, 3.05) is 0 Å². The Bertz CT molecular complexity index is 419. The number of aliphatic hydroxyl groups is 1. The smallest absolute Gasteiger partial charge is 0.0540 e. The Labute approximate surface area is 110 Å². The van der Waals surface area contributed by atoms with Crippen LogP contribution in [-0.2, 0) is 0 Å². The fourth-order valence-electron chi connectivity index (χ4n) is 2.76. The van der Waals surface area contributed by atoms with Crippen molar-refractivity contribution in [3.63, 3.8) is 0 Å². The first kappa shape index (κ1) is 13.1. The van der Waals surface area contributed by atoms with Gasteiger partial charge in [0.25, 0.3) is 0 Å². The summed E-state index contributed by atoms with van der Waals surface area (Å²) in [6.45, 7) is 5.87. The van der Waals surface area contributed by atoms with Crippen molar-refractivity contribution in [3.8, 4) is 0 Å². The Morgan fingerprint density at radius 1 is 1.17 bits per heavy atom. The van der Waals surface area contributed by atoms with E-state index in [1.165, 1.54) is 16.7 Å². The zero-order valence-electron chi connectivity index (χ0n) is 11.1. The van der Waals surface area contributed by atoms with Gasteiger partial charge in [-0.3, -0.25) is 0 Å². The van der Waals surface area contributed by atoms with Crippen LogP contribution in [0.15, 0.2) is 43.0 Å². The van der Waals surface area contributed by atoms with Crippen LogP contribution in [-0.4, -0.2) is 11.2 Å². The van der Waals surface area contributed by atoms with E-state index in [-0.39, 0.29) is 6.10 Å². The van der Waals surface area contributed by atoms with Gasteiger partial charge in [-0.15, -0.1) is 0 Å². The van der Waals surface area contributed by atoms with E-state index in [4.69, 9.17) is 0 Å². The van der Waals surface area contributed by atoms with Crippen LogP contribution in [0.2, 0.25) is 0 Å². The molecule has 1 N–H and O–H groups in total. The van der Waals surface area contributed by atoms with Gasteiger partial charge in [-0.25, -0.2) is 0 Å². The second kappa shape index (κ2) is 6.01. The topological polar surface area (TPSA) is 20.2 Å². The molecule has 1 heteroatoms. The molecule has 2 rings (SSSR count). The quantitative estimate of drug-likeness (QED) is 0.784. The standard InChI is InChI=1S/C17H22O/c1-3-13(4-2)14-5-7-15(8-6-14)16-9-11-17(18)12-10-16/h3-8,16-18H,1,9-12H2,2H3/b13-4+. The van der Waals surface area contributed by atoms with Gasteiger partial charge in [0.05, 0.1) is 6.10 Å². The molecule has 0 aromatic heterocycles. The minimum Gasteiger partial charge on any atom is -0.393 e. The summed E-state index contributed by atoms with van der Waals surface area (Å²) in [6.07, 6.45) is 8.01. The fourth-order valence-corrected chi connectivity index (χ4v) is 2.76. The highest BCUT2D eigenvalue weighted by Gasteiger charge is 2.20. The summed E-state index contributed by atoms with van der Waals surface area (Å²) in [5.74, 6) is 0.625. The SMILES string of the molecule is C=C/C(=C\C)c1ccc(C2CCC(O)CC2)cc1. The van der Waals surface area contributed by atoms with Crippen LogP contribution >= 0.6 is 0 Å². The number of hydrogen-bond acceptors (Lipinski definition) is 1. The summed E-state index contributed by atoms with van der Waals surface area (Å²) < 4.78 is 0. The molecule has 1 aromatic rings. The molecule has 1 aromatic carbocycles. The maximum Gasteiger partial charge on any atom is 0.0540 e. The molecule has 0 saturated heterocycles. The van der Waals surface area contributed by atoms with Gasteiger partial charge in [0, 0.05) is 0 Å². The van der Waals surface area contributed by atoms with Crippen molar-refractivity contribution >= 4 is 5.57 Å². The molecule has 1 nitrogen and oxygen atoms in total. The molecule has 1 aliphatic carbocycles. The molecule has 1 fully saturated rings. The van der Waals surface area contributed by atoms with Crippen LogP contribution in [0.5, 0.6) is 0 Å². The summed E-state index contributed by atoms with van der Waals surface area (Å²) in [6, 6.07) is 8.81. The molecular formula is C17H22O. The van der Waals surface area contributed by atoms with Crippen LogP contribution < -0.4 is 0 Å². The third kappa shape index (κ3) is 2.91. The highest BCUT2D eigenvalue weighted by molar-refractivity contribution is 5.73. The molecular weight excluding hydrogens is 220 g/mol. The van der Waals surface area contributed by atoms with Gasteiger partial charge < -0.3 is 5.11 Å². The predicted molar refractivity (Wildman–Crippen MR) is 77.5 cm³/mol. The van der Waals surface area contributed by atoms with Gasteiger partial charge in [-0.2, -0.15) is 0 Å². The lowest BCUT2D eigenvalue weighted by molar-refractivity contribution is 0.122. The minimum atomic E-state index is -0.0732. The maximum atomic E-state index is 9.54. The van der Waals surface area contributed by atoms with Gasteiger partial charge in [0.1, 0.15) is 0 Å². The first-order chi connectivity index (χ1) is 8.74. The zero-order chi connectivity index (χ0) is 13.0. The Morgan fingerprint density at radius 3 is 2.28 bits per heavy atom. The Balaban J connectivity index is 2.10. The molecule has 0 amide bonds. The predicted octanol–water partition coefficient (Wildman–Crippen LogP) is 4.29. The summed E-state index contributed by atoms with van der Waals surface area (Å²) >= 11 is 0. The second-order valence-electron chi connectivity index (χ2n) is 5.08. The summed E-state index contributed by atoms with van der Waals surface area (Å²) in [7, 11) is 0. The molecule has 0 unspecified atom stereocenters. The summed E-state index contributed by atoms with van der Waals surface area (Å²) in [5.41, 5.74) is 3.82. The lowest BCUT2D eigenvalue weighted by atomic mass is 9.82. The largest absolute Gasteiger partial charge is 0.393 e. The third-order valence-electron chi connectivity index (χ3n) is 3.94. The highest BCUT2D eigenvalue weighted by Crippen LogP contribution is 2.33. The molecule has 96 valence electrons. The zero-order valence-corrected chi connectivity index (χ0v) is 11.1. The van der Waals surface area contributed by atoms with Crippen molar-refractivity contribution < 1.29 is 5.11 Å². The van der Waals surface area contributed by atoms with Crippen LogP contribution in [0.3, 0.4) is 0 Å². The van der Waals surface area contributed by atoms with Gasteiger partial charge in [-0.1, -0.05) is 43.0 Å². The van der Waals surface area contributed by atoms with Crippen LogP contribution in [0, 0.1) is 0 Å². The lowest BCUT2D eigenvalue weighted by Gasteiger charge is -2.25. The van der Waals surface area contributed by atoms with E-state index in [1.807, 2.05) is 13.0 Å². The first-order valence-electron chi connectivity index (χ1n) is 6.81. The second-order valence-corrected chi connectivity index (χ2v) is 5.08. The molecule has 0 bridgehead atoms. The number of allylic oxidation sites excluding steroid dienone is 3. The third-order valence-corrected chi connectivity index (χ3v) is 3.94.